The van der Waals surface area contributed by atoms with E-state index >= 15 is 0 Å². The molecule has 164 valence electrons. The van der Waals surface area contributed by atoms with E-state index < -0.39 is 0 Å². The highest BCUT2D eigenvalue weighted by Crippen LogP contribution is 2.42. The highest BCUT2D eigenvalue weighted by Gasteiger charge is 2.28. The van der Waals surface area contributed by atoms with E-state index in [1.165, 1.54) is 0 Å². The molecule has 33 heavy (non-hydrogen) atoms. The number of nitrogens with one attached hydrogen (secondary N) is 2. The van der Waals surface area contributed by atoms with Crippen molar-refractivity contribution in [2.45, 2.75) is 25.8 Å². The lowest BCUT2D eigenvalue weighted by atomic mass is 9.94. The van der Waals surface area contributed by atoms with Crippen LogP contribution in [0.4, 0.5) is 0 Å². The summed E-state index contributed by atoms with van der Waals surface area (Å²) in [5.74, 6) is 1.79. The predicted octanol–water partition coefficient (Wildman–Crippen LogP) is 4.08. The molecule has 0 fully saturated rings. The van der Waals surface area contributed by atoms with Crippen LogP contribution in [0.2, 0.25) is 0 Å². The number of hydrogen-bond acceptors (Lipinski definition) is 5. The Kier molecular flexibility index (Phi) is 5.44. The molecule has 2 N–H and O–H groups in total. The summed E-state index contributed by atoms with van der Waals surface area (Å²) < 4.78 is 5.99. The maximum atomic E-state index is 12.9. The van der Waals surface area contributed by atoms with Crippen LogP contribution in [0, 0.1) is 6.92 Å². The third-order valence-corrected chi connectivity index (χ3v) is 5.76. The van der Waals surface area contributed by atoms with Gasteiger partial charge in [-0.15, -0.1) is 0 Å². The summed E-state index contributed by atoms with van der Waals surface area (Å²) in [5, 5.41) is 3.12. The van der Waals surface area contributed by atoms with Crippen LogP contribution >= 0.6 is 0 Å². The number of ether oxygens (including phenoxy) is 1. The number of para-hydroxylation sites is 2. The topological polar surface area (TPSA) is 97.0 Å². The van der Waals surface area contributed by atoms with Gasteiger partial charge in [0, 0.05) is 46.8 Å². The van der Waals surface area contributed by atoms with E-state index in [4.69, 9.17) is 4.74 Å². The minimum absolute atomic E-state index is 0.150. The Morgan fingerprint density at radius 2 is 1.64 bits per heavy atom. The number of carbonyl (C=O) groups is 1. The van der Waals surface area contributed by atoms with Crippen LogP contribution in [-0.4, -0.2) is 20.9 Å². The summed E-state index contributed by atoms with van der Waals surface area (Å²) in [6.07, 6.45) is 3.76. The van der Waals surface area contributed by atoms with Gasteiger partial charge >= 0.3 is 0 Å². The summed E-state index contributed by atoms with van der Waals surface area (Å²) in [6.45, 7) is 1.79. The number of carbonyl (C=O) groups excluding carboxylic acids is 1. The van der Waals surface area contributed by atoms with Crippen molar-refractivity contribution in [1.29, 1.82) is 0 Å². The van der Waals surface area contributed by atoms with Gasteiger partial charge in [0.25, 0.3) is 5.56 Å². The van der Waals surface area contributed by atoms with Crippen LogP contribution < -0.4 is 15.6 Å². The molecule has 1 amide bonds. The van der Waals surface area contributed by atoms with Crippen molar-refractivity contribution >= 4 is 5.91 Å². The summed E-state index contributed by atoms with van der Waals surface area (Å²) in [4.78, 5) is 37.0. The first-order valence-electron chi connectivity index (χ1n) is 10.8. The molecule has 5 rings (SSSR count). The molecule has 7 nitrogen and oxygen atoms in total. The highest BCUT2D eigenvalue weighted by atomic mass is 16.5. The maximum Gasteiger partial charge on any atom is 0.254 e. The minimum Gasteiger partial charge on any atom is -0.457 e. The van der Waals surface area contributed by atoms with Crippen LogP contribution in [-0.2, 0) is 11.2 Å². The number of rotatable bonds is 5. The summed E-state index contributed by atoms with van der Waals surface area (Å²) in [7, 11) is 0. The van der Waals surface area contributed by atoms with Gasteiger partial charge in [0.05, 0.1) is 6.04 Å². The molecule has 1 aliphatic heterocycles. The fraction of sp³-hybridized carbons (Fsp3) is 0.154. The molecule has 0 atom stereocenters. The molecule has 0 unspecified atom stereocenters. The highest BCUT2D eigenvalue weighted by molar-refractivity contribution is 5.78. The molecule has 0 spiro atoms. The van der Waals surface area contributed by atoms with Crippen LogP contribution in [0.3, 0.4) is 0 Å². The lowest BCUT2D eigenvalue weighted by Crippen LogP contribution is -2.32. The molecule has 4 aromatic rings. The zero-order chi connectivity index (χ0) is 22.8. The second kappa shape index (κ2) is 8.70. The number of aromatic amines is 1. The Morgan fingerprint density at radius 1 is 1.00 bits per heavy atom. The largest absolute Gasteiger partial charge is 0.457 e. The molecule has 0 bridgehead atoms. The zero-order valence-electron chi connectivity index (χ0n) is 18.0. The number of H-pyrrole nitrogens is 1. The number of amides is 1. The quantitative estimate of drug-likeness (QED) is 0.489. The lowest BCUT2D eigenvalue weighted by Gasteiger charge is -2.28. The van der Waals surface area contributed by atoms with Crippen molar-refractivity contribution in [2.24, 2.45) is 0 Å². The Hall–Kier alpha value is -4.26. The molecule has 2 aromatic carbocycles. The maximum absolute atomic E-state index is 12.9. The number of aromatic nitrogens is 3. The van der Waals surface area contributed by atoms with Gasteiger partial charge in [0.2, 0.25) is 5.91 Å². The number of fused-ring (bicyclic) bond motifs is 2. The molecule has 1 aliphatic rings. The van der Waals surface area contributed by atoms with Gasteiger partial charge in [0.15, 0.2) is 0 Å². The van der Waals surface area contributed by atoms with Crippen LogP contribution in [0.25, 0.3) is 11.4 Å². The van der Waals surface area contributed by atoms with E-state index in [-0.39, 0.29) is 23.9 Å². The number of pyridine rings is 1. The third kappa shape index (κ3) is 4.13. The minimum atomic E-state index is -0.315. The Bertz CT molecular complexity index is 1340. The van der Waals surface area contributed by atoms with E-state index in [1.54, 1.807) is 31.5 Å². The van der Waals surface area contributed by atoms with E-state index in [9.17, 15) is 9.59 Å². The first-order chi connectivity index (χ1) is 16.1. The fourth-order valence-electron chi connectivity index (χ4n) is 4.09. The SMILES string of the molecule is Cc1nc(-c2ccncc2)[nH]c(=O)c1CCC(=O)NC1c2ccccc2Oc2ccccc21. The first-order valence-corrected chi connectivity index (χ1v) is 10.8. The third-order valence-electron chi connectivity index (χ3n) is 5.76. The van der Waals surface area contributed by atoms with Crippen LogP contribution in [0.15, 0.2) is 77.9 Å². The van der Waals surface area contributed by atoms with E-state index in [0.29, 0.717) is 23.5 Å². The van der Waals surface area contributed by atoms with Crippen molar-refractivity contribution in [3.8, 4) is 22.9 Å². The number of aryl methyl sites for hydroxylation is 1. The Balaban J connectivity index is 1.34. The second-order valence-electron chi connectivity index (χ2n) is 7.89. The van der Waals surface area contributed by atoms with Gasteiger partial charge in [-0.1, -0.05) is 36.4 Å². The standard InChI is InChI=1S/C26H22N4O3/c1-16-18(26(32)30-25(28-16)17-12-14-27-15-13-17)10-11-23(31)29-24-19-6-2-4-8-21(19)33-22-9-5-3-7-20(22)24/h2-9,12-15,24H,10-11H2,1H3,(H,29,31)(H,28,30,32). The molecular weight excluding hydrogens is 416 g/mol. The molecule has 2 aromatic heterocycles. The van der Waals surface area contributed by atoms with E-state index in [2.05, 4.69) is 20.3 Å². The average molecular weight is 438 g/mol. The molecule has 7 heteroatoms. The lowest BCUT2D eigenvalue weighted by molar-refractivity contribution is -0.121. The van der Waals surface area contributed by atoms with Gasteiger partial charge in [-0.3, -0.25) is 14.6 Å². The van der Waals surface area contributed by atoms with E-state index in [1.807, 2.05) is 48.5 Å². The van der Waals surface area contributed by atoms with Gasteiger partial charge in [0.1, 0.15) is 17.3 Å². The smallest absolute Gasteiger partial charge is 0.254 e. The van der Waals surface area contributed by atoms with Crippen molar-refractivity contribution in [2.75, 3.05) is 0 Å². The van der Waals surface area contributed by atoms with Crippen molar-refractivity contribution in [3.63, 3.8) is 0 Å². The van der Waals surface area contributed by atoms with Gasteiger partial charge in [-0.25, -0.2) is 4.98 Å². The Labute approximate surface area is 190 Å². The van der Waals surface area contributed by atoms with Crippen LogP contribution in [0.5, 0.6) is 11.5 Å². The molecule has 0 aliphatic carbocycles. The molecule has 0 saturated heterocycles. The second-order valence-corrected chi connectivity index (χ2v) is 7.89. The number of benzene rings is 2. The van der Waals surface area contributed by atoms with Gasteiger partial charge < -0.3 is 15.0 Å². The average Bonchev–Trinajstić information content (AvgIpc) is 2.84. The first kappa shape index (κ1) is 20.6. The summed E-state index contributed by atoms with van der Waals surface area (Å²) in [6, 6.07) is 18.6. The summed E-state index contributed by atoms with van der Waals surface area (Å²) >= 11 is 0. The van der Waals surface area contributed by atoms with Crippen molar-refractivity contribution in [3.05, 3.63) is 106 Å². The monoisotopic (exact) mass is 438 g/mol. The molecule has 0 saturated carbocycles. The number of hydrogen-bond donors (Lipinski definition) is 2. The fourth-order valence-corrected chi connectivity index (χ4v) is 4.09. The van der Waals surface area contributed by atoms with Crippen molar-refractivity contribution in [1.82, 2.24) is 20.3 Å². The normalized spacial score (nSPS) is 12.4. The molecular formula is C26H22N4O3. The van der Waals surface area contributed by atoms with E-state index in [0.717, 1.165) is 28.2 Å². The van der Waals surface area contributed by atoms with Crippen molar-refractivity contribution < 1.29 is 9.53 Å². The van der Waals surface area contributed by atoms with Crippen LogP contribution in [0.1, 0.15) is 34.8 Å². The zero-order valence-corrected chi connectivity index (χ0v) is 18.0. The van der Waals surface area contributed by atoms with Gasteiger partial charge in [-0.2, -0.15) is 0 Å². The molecule has 0 radical (unpaired) electrons. The van der Waals surface area contributed by atoms with Gasteiger partial charge in [-0.05, 0) is 37.6 Å². The number of nitrogens with zero attached hydrogens (tertiary/aromatic N) is 2. The Morgan fingerprint density at radius 3 is 2.27 bits per heavy atom. The molecule has 3 heterocycles. The summed E-state index contributed by atoms with van der Waals surface area (Å²) in [5.41, 5.74) is 3.48. The predicted molar refractivity (Wildman–Crippen MR) is 124 cm³/mol.